The van der Waals surface area contributed by atoms with E-state index in [2.05, 4.69) is 5.32 Å². The number of furan rings is 1. The molecule has 2 aromatic rings. The molecule has 1 fully saturated rings. The highest BCUT2D eigenvalue weighted by Gasteiger charge is 2.35. The molecular weight excluding hydrogens is 298 g/mol. The van der Waals surface area contributed by atoms with E-state index >= 15 is 0 Å². The molecule has 0 bridgehead atoms. The molecule has 3 rings (SSSR count). The van der Waals surface area contributed by atoms with E-state index in [1.807, 2.05) is 38.1 Å². The van der Waals surface area contributed by atoms with Gasteiger partial charge >= 0.3 is 5.97 Å². The summed E-state index contributed by atoms with van der Waals surface area (Å²) in [6.07, 6.45) is -0.850. The molecule has 3 atom stereocenters. The Morgan fingerprint density at radius 1 is 1.26 bits per heavy atom. The molecule has 1 aliphatic rings. The van der Waals surface area contributed by atoms with Crippen LogP contribution in [0.25, 0.3) is 11.0 Å². The van der Waals surface area contributed by atoms with Gasteiger partial charge in [0.15, 0.2) is 6.10 Å². The molecule has 122 valence electrons. The monoisotopic (exact) mass is 317 g/mol. The van der Waals surface area contributed by atoms with E-state index in [1.54, 1.807) is 0 Å². The van der Waals surface area contributed by atoms with Crippen molar-refractivity contribution >= 4 is 22.8 Å². The van der Waals surface area contributed by atoms with Gasteiger partial charge in [0.05, 0.1) is 6.04 Å². The number of rotatable bonds is 4. The summed E-state index contributed by atoms with van der Waals surface area (Å²) in [6, 6.07) is 7.39. The molecule has 0 unspecified atom stereocenters. The average Bonchev–Trinajstić information content (AvgIpc) is 3.13. The summed E-state index contributed by atoms with van der Waals surface area (Å²) in [4.78, 5) is 23.1. The van der Waals surface area contributed by atoms with Crippen molar-refractivity contribution < 1.29 is 23.8 Å². The quantitative estimate of drug-likeness (QED) is 0.904. The van der Waals surface area contributed by atoms with Crippen LogP contribution in [0.5, 0.6) is 0 Å². The number of fused-ring (bicyclic) bond motifs is 1. The smallest absolute Gasteiger partial charge is 0.332 e. The molecule has 1 amide bonds. The number of carbonyl (C=O) groups excluding carboxylic acids is 1. The molecule has 1 aromatic carbocycles. The van der Waals surface area contributed by atoms with Crippen molar-refractivity contribution in [1.29, 1.82) is 0 Å². The first-order chi connectivity index (χ1) is 11.0. The Labute approximate surface area is 133 Å². The molecule has 0 spiro atoms. The van der Waals surface area contributed by atoms with Crippen LogP contribution in [0.3, 0.4) is 0 Å². The van der Waals surface area contributed by atoms with Crippen molar-refractivity contribution in [2.45, 2.75) is 44.9 Å². The number of amides is 1. The number of benzene rings is 1. The van der Waals surface area contributed by atoms with Crippen LogP contribution < -0.4 is 5.32 Å². The van der Waals surface area contributed by atoms with E-state index in [9.17, 15) is 9.59 Å². The minimum Gasteiger partial charge on any atom is -0.479 e. The van der Waals surface area contributed by atoms with Crippen LogP contribution >= 0.6 is 0 Å². The standard InChI is InChI=1S/C17H19NO5/c1-9-11-5-3-4-6-12(11)23-15(9)10(2)18-16(19)13-7-8-14(22-13)17(20)21/h3-6,10,13-14H,7-8H2,1-2H3,(H,18,19)(H,20,21)/t10-,13-,14+/m0/s1. The van der Waals surface area contributed by atoms with Crippen LogP contribution in [0.15, 0.2) is 28.7 Å². The summed E-state index contributed by atoms with van der Waals surface area (Å²) >= 11 is 0. The van der Waals surface area contributed by atoms with Crippen LogP contribution in [-0.4, -0.2) is 29.2 Å². The van der Waals surface area contributed by atoms with Gasteiger partial charge in [-0.1, -0.05) is 18.2 Å². The molecule has 6 nitrogen and oxygen atoms in total. The normalized spacial score (nSPS) is 22.2. The molecular formula is C17H19NO5. The lowest BCUT2D eigenvalue weighted by molar-refractivity contribution is -0.151. The summed E-state index contributed by atoms with van der Waals surface area (Å²) in [6.45, 7) is 3.79. The number of nitrogens with one attached hydrogen (secondary N) is 1. The first-order valence-corrected chi connectivity index (χ1v) is 7.64. The van der Waals surface area contributed by atoms with Gasteiger partial charge in [-0.15, -0.1) is 0 Å². The van der Waals surface area contributed by atoms with Gasteiger partial charge in [0.2, 0.25) is 5.91 Å². The SMILES string of the molecule is Cc1c([C@H](C)NC(=O)[C@@H]2CC[C@H](C(=O)O)O2)oc2ccccc12. The Bertz CT molecular complexity index is 751. The number of aryl methyl sites for hydroxylation is 1. The van der Waals surface area contributed by atoms with Gasteiger partial charge in [0.1, 0.15) is 17.4 Å². The van der Waals surface area contributed by atoms with Gasteiger partial charge < -0.3 is 19.6 Å². The highest BCUT2D eigenvalue weighted by molar-refractivity contribution is 5.84. The number of ether oxygens (including phenoxy) is 1. The summed E-state index contributed by atoms with van der Waals surface area (Å²) in [5.41, 5.74) is 1.77. The number of para-hydroxylation sites is 1. The molecule has 1 aliphatic heterocycles. The highest BCUT2D eigenvalue weighted by atomic mass is 16.5. The Morgan fingerprint density at radius 3 is 2.61 bits per heavy atom. The Morgan fingerprint density at radius 2 is 1.96 bits per heavy atom. The zero-order valence-corrected chi connectivity index (χ0v) is 13.0. The maximum absolute atomic E-state index is 12.3. The zero-order chi connectivity index (χ0) is 16.6. The molecule has 6 heteroatoms. The number of carboxylic acid groups (broad SMARTS) is 1. The molecule has 2 heterocycles. The second-order valence-electron chi connectivity index (χ2n) is 5.85. The Balaban J connectivity index is 1.71. The van der Waals surface area contributed by atoms with Gasteiger partial charge in [0.25, 0.3) is 0 Å². The molecule has 0 aliphatic carbocycles. The van der Waals surface area contributed by atoms with Crippen molar-refractivity contribution in [3.8, 4) is 0 Å². The van der Waals surface area contributed by atoms with Gasteiger partial charge in [0, 0.05) is 10.9 Å². The number of hydrogen-bond acceptors (Lipinski definition) is 4. The third-order valence-corrected chi connectivity index (χ3v) is 4.22. The first kappa shape index (κ1) is 15.6. The summed E-state index contributed by atoms with van der Waals surface area (Å²) < 4.78 is 11.1. The van der Waals surface area contributed by atoms with Gasteiger partial charge in [-0.3, -0.25) is 4.79 Å². The second-order valence-corrected chi connectivity index (χ2v) is 5.85. The summed E-state index contributed by atoms with van der Waals surface area (Å²) in [5.74, 6) is -0.630. The van der Waals surface area contributed by atoms with E-state index in [1.165, 1.54) is 0 Å². The lowest BCUT2D eigenvalue weighted by Gasteiger charge is -2.16. The predicted octanol–water partition coefficient (Wildman–Crippen LogP) is 2.55. The fourth-order valence-corrected chi connectivity index (χ4v) is 2.99. The fraction of sp³-hybridized carbons (Fsp3) is 0.412. The van der Waals surface area contributed by atoms with E-state index in [0.29, 0.717) is 18.6 Å². The van der Waals surface area contributed by atoms with E-state index < -0.39 is 18.2 Å². The number of hydrogen-bond donors (Lipinski definition) is 2. The van der Waals surface area contributed by atoms with Gasteiger partial charge in [-0.25, -0.2) is 4.79 Å². The van der Waals surface area contributed by atoms with E-state index in [0.717, 1.165) is 16.5 Å². The molecule has 2 N–H and O–H groups in total. The minimum absolute atomic E-state index is 0.305. The Hall–Kier alpha value is -2.34. The topological polar surface area (TPSA) is 88.8 Å². The van der Waals surface area contributed by atoms with Crippen LogP contribution in [0.2, 0.25) is 0 Å². The molecule has 23 heavy (non-hydrogen) atoms. The van der Waals surface area contributed by atoms with Crippen LogP contribution in [-0.2, 0) is 14.3 Å². The third-order valence-electron chi connectivity index (χ3n) is 4.22. The maximum Gasteiger partial charge on any atom is 0.332 e. The van der Waals surface area contributed by atoms with Crippen LogP contribution in [0.4, 0.5) is 0 Å². The number of carbonyl (C=O) groups is 2. The van der Waals surface area contributed by atoms with Gasteiger partial charge in [-0.2, -0.15) is 0 Å². The van der Waals surface area contributed by atoms with Crippen molar-refractivity contribution in [3.63, 3.8) is 0 Å². The molecule has 0 radical (unpaired) electrons. The lowest BCUT2D eigenvalue weighted by atomic mass is 10.1. The predicted molar refractivity (Wildman–Crippen MR) is 83.0 cm³/mol. The third kappa shape index (κ3) is 2.94. The van der Waals surface area contributed by atoms with Crippen LogP contribution in [0, 0.1) is 6.92 Å². The minimum atomic E-state index is -1.03. The van der Waals surface area contributed by atoms with E-state index in [-0.39, 0.29) is 11.9 Å². The fourth-order valence-electron chi connectivity index (χ4n) is 2.99. The van der Waals surface area contributed by atoms with Crippen molar-refractivity contribution in [2.24, 2.45) is 0 Å². The summed E-state index contributed by atoms with van der Waals surface area (Å²) in [7, 11) is 0. The zero-order valence-electron chi connectivity index (χ0n) is 13.0. The second kappa shape index (κ2) is 6.04. The van der Waals surface area contributed by atoms with Crippen molar-refractivity contribution in [1.82, 2.24) is 5.32 Å². The van der Waals surface area contributed by atoms with Gasteiger partial charge in [-0.05, 0) is 32.8 Å². The highest BCUT2D eigenvalue weighted by Crippen LogP contribution is 2.29. The van der Waals surface area contributed by atoms with Crippen molar-refractivity contribution in [3.05, 3.63) is 35.6 Å². The lowest BCUT2D eigenvalue weighted by Crippen LogP contribution is -2.37. The summed E-state index contributed by atoms with van der Waals surface area (Å²) in [5, 5.41) is 12.8. The molecule has 1 aromatic heterocycles. The maximum atomic E-state index is 12.3. The Kier molecular flexibility index (Phi) is 4.09. The first-order valence-electron chi connectivity index (χ1n) is 7.64. The van der Waals surface area contributed by atoms with Crippen molar-refractivity contribution in [2.75, 3.05) is 0 Å². The van der Waals surface area contributed by atoms with Crippen LogP contribution in [0.1, 0.15) is 37.1 Å². The molecule has 0 saturated carbocycles. The largest absolute Gasteiger partial charge is 0.479 e. The van der Waals surface area contributed by atoms with E-state index in [4.69, 9.17) is 14.3 Å². The molecule has 1 saturated heterocycles. The average molecular weight is 317 g/mol. The number of aliphatic carboxylic acids is 1. The number of carboxylic acids is 1.